The van der Waals surface area contributed by atoms with Gasteiger partial charge in [-0.25, -0.2) is 29.1 Å². The summed E-state index contributed by atoms with van der Waals surface area (Å²) < 4.78 is 21.1. The van der Waals surface area contributed by atoms with Crippen molar-refractivity contribution in [2.45, 2.75) is 33.2 Å². The lowest BCUT2D eigenvalue weighted by atomic mass is 10.2. The molecule has 13 heteroatoms. The number of aryl methyl sites for hydroxylation is 3. The number of halogens is 1. The molecule has 0 radical (unpaired) electrons. The molecule has 172 valence electrons. The maximum atomic E-state index is 14.4. The van der Waals surface area contributed by atoms with Gasteiger partial charge in [0.2, 0.25) is 5.95 Å². The van der Waals surface area contributed by atoms with E-state index in [4.69, 9.17) is 4.42 Å². The molecule has 2 amide bonds. The molecule has 5 heterocycles. The first kappa shape index (κ1) is 21.0. The van der Waals surface area contributed by atoms with Crippen molar-refractivity contribution in [3.63, 3.8) is 0 Å². The van der Waals surface area contributed by atoms with E-state index in [2.05, 4.69) is 30.1 Å². The number of hydrogen-bond donors (Lipinski definition) is 0. The molecule has 5 rings (SSSR count). The Bertz CT molecular complexity index is 1210. The topological polar surface area (TPSA) is 122 Å². The van der Waals surface area contributed by atoms with Crippen LogP contribution in [0.5, 0.6) is 0 Å². The van der Waals surface area contributed by atoms with Gasteiger partial charge >= 0.3 is 6.03 Å². The number of carbonyl (C=O) groups excluding carboxylic acids is 1. The van der Waals surface area contributed by atoms with Crippen molar-refractivity contribution < 1.29 is 13.6 Å². The number of carbonyl (C=O) groups is 1. The number of piperazine rings is 1. The first-order valence-corrected chi connectivity index (χ1v) is 10.6. The number of rotatable bonds is 3. The summed E-state index contributed by atoms with van der Waals surface area (Å²) in [7, 11) is 0. The summed E-state index contributed by atoms with van der Waals surface area (Å²) in [6.07, 6.45) is 5.00. The highest BCUT2D eigenvalue weighted by Gasteiger charge is 2.35. The van der Waals surface area contributed by atoms with Crippen molar-refractivity contribution in [2.75, 3.05) is 31.1 Å². The zero-order valence-corrected chi connectivity index (χ0v) is 18.5. The van der Waals surface area contributed by atoms with Gasteiger partial charge in [-0.3, -0.25) is 0 Å². The molecule has 12 nitrogen and oxygen atoms in total. The van der Waals surface area contributed by atoms with Crippen LogP contribution in [0.25, 0.3) is 5.82 Å². The molecule has 1 unspecified atom stereocenters. The van der Waals surface area contributed by atoms with Crippen LogP contribution in [-0.2, 0) is 0 Å². The second kappa shape index (κ2) is 8.22. The molecule has 0 N–H and O–H groups in total. The maximum Gasteiger partial charge on any atom is 0.341 e. The summed E-state index contributed by atoms with van der Waals surface area (Å²) in [5.41, 5.74) is 0.683. The van der Waals surface area contributed by atoms with E-state index in [0.717, 1.165) is 6.20 Å². The van der Waals surface area contributed by atoms with Crippen LogP contribution in [0.4, 0.5) is 15.1 Å². The van der Waals surface area contributed by atoms with Crippen LogP contribution in [0, 0.1) is 26.6 Å². The monoisotopic (exact) mass is 454 g/mol. The van der Waals surface area contributed by atoms with Gasteiger partial charge in [-0.15, -0.1) is 5.10 Å². The molecule has 2 aliphatic rings. The van der Waals surface area contributed by atoms with Crippen molar-refractivity contribution in [1.29, 1.82) is 0 Å². The molecular formula is C20H23FN10O2. The number of amides is 2. The second-order valence-corrected chi connectivity index (χ2v) is 7.90. The number of urea groups is 1. The zero-order chi connectivity index (χ0) is 23.1. The van der Waals surface area contributed by atoms with E-state index >= 15 is 0 Å². The Morgan fingerprint density at radius 1 is 1.12 bits per heavy atom. The van der Waals surface area contributed by atoms with Crippen molar-refractivity contribution in [2.24, 2.45) is 5.10 Å². The molecule has 2 aliphatic heterocycles. The molecule has 1 saturated heterocycles. The van der Waals surface area contributed by atoms with Crippen molar-refractivity contribution in [3.8, 4) is 5.82 Å². The van der Waals surface area contributed by atoms with Gasteiger partial charge in [0, 0.05) is 45.7 Å². The van der Waals surface area contributed by atoms with Crippen LogP contribution in [0.2, 0.25) is 0 Å². The van der Waals surface area contributed by atoms with E-state index in [1.165, 1.54) is 9.69 Å². The molecule has 1 fully saturated rings. The Kier molecular flexibility index (Phi) is 5.23. The maximum absolute atomic E-state index is 14.4. The molecule has 33 heavy (non-hydrogen) atoms. The fourth-order valence-corrected chi connectivity index (χ4v) is 3.99. The van der Waals surface area contributed by atoms with Crippen LogP contribution in [-0.4, -0.2) is 78.0 Å². The number of hydrogen-bond acceptors (Lipinski definition) is 9. The van der Waals surface area contributed by atoms with Crippen LogP contribution >= 0.6 is 0 Å². The summed E-state index contributed by atoms with van der Waals surface area (Å²) >= 11 is 0. The van der Waals surface area contributed by atoms with Gasteiger partial charge < -0.3 is 14.2 Å². The van der Waals surface area contributed by atoms with Gasteiger partial charge in [0.05, 0.1) is 6.20 Å². The molecule has 3 aromatic rings. The van der Waals surface area contributed by atoms with E-state index < -0.39 is 5.82 Å². The molecule has 0 spiro atoms. The van der Waals surface area contributed by atoms with Crippen molar-refractivity contribution >= 4 is 18.2 Å². The van der Waals surface area contributed by atoms with Crippen LogP contribution in [0.15, 0.2) is 22.0 Å². The van der Waals surface area contributed by atoms with Gasteiger partial charge in [-0.2, -0.15) is 14.8 Å². The molecule has 3 aromatic heterocycles. The predicted octanol–water partition coefficient (Wildman–Crippen LogP) is 1.78. The third kappa shape index (κ3) is 3.90. The van der Waals surface area contributed by atoms with Crippen LogP contribution in [0.3, 0.4) is 0 Å². The standard InChI is InChI=1S/C20H23FN10O2/c1-12-24-13(2)30(27-12)18-15(21)10-22-19(26-18)28-6-8-29(9-7-28)20(32)31-17(4-5-23-31)16-11-33-14(3)25-16/h5,10-11,17H,4,6-9H2,1-3H3. The summed E-state index contributed by atoms with van der Waals surface area (Å²) in [4.78, 5) is 33.9. The number of nitrogens with zero attached hydrogens (tertiary/aromatic N) is 10. The molecule has 0 saturated carbocycles. The lowest BCUT2D eigenvalue weighted by Gasteiger charge is -2.36. The molecule has 1 atom stereocenters. The van der Waals surface area contributed by atoms with E-state index in [1.807, 2.05) is 4.90 Å². The van der Waals surface area contributed by atoms with E-state index in [0.29, 0.717) is 61.8 Å². The second-order valence-electron chi connectivity index (χ2n) is 7.90. The van der Waals surface area contributed by atoms with Crippen LogP contribution in [0.1, 0.15) is 35.7 Å². The minimum Gasteiger partial charge on any atom is -0.449 e. The highest BCUT2D eigenvalue weighted by Crippen LogP contribution is 2.29. The van der Waals surface area contributed by atoms with Gasteiger partial charge in [0.15, 0.2) is 17.5 Å². The van der Waals surface area contributed by atoms with Gasteiger partial charge in [-0.1, -0.05) is 0 Å². The van der Waals surface area contributed by atoms with Gasteiger partial charge in [-0.05, 0) is 13.8 Å². The molecule has 0 bridgehead atoms. The number of anilines is 1. The highest BCUT2D eigenvalue weighted by atomic mass is 19.1. The Morgan fingerprint density at radius 2 is 1.91 bits per heavy atom. The zero-order valence-electron chi connectivity index (χ0n) is 18.5. The minimum absolute atomic E-state index is 0.0498. The number of hydrazone groups is 1. The first-order chi connectivity index (χ1) is 15.9. The number of aromatic nitrogens is 6. The fraction of sp³-hybridized carbons (Fsp3) is 0.450. The predicted molar refractivity (Wildman–Crippen MR) is 114 cm³/mol. The largest absolute Gasteiger partial charge is 0.449 e. The third-order valence-corrected chi connectivity index (χ3v) is 5.63. The minimum atomic E-state index is -0.582. The average Bonchev–Trinajstić information content (AvgIpc) is 3.53. The molecule has 0 aromatic carbocycles. The third-order valence-electron chi connectivity index (χ3n) is 5.63. The highest BCUT2D eigenvalue weighted by molar-refractivity contribution is 5.78. The van der Waals surface area contributed by atoms with Crippen LogP contribution < -0.4 is 4.90 Å². The Balaban J connectivity index is 1.27. The SMILES string of the molecule is Cc1nc(C)n(-c2nc(N3CCN(C(=O)N4N=CCC4c4coc(C)n4)CC3)ncc2F)n1. The average molecular weight is 454 g/mol. The van der Waals surface area contributed by atoms with E-state index in [1.54, 1.807) is 38.1 Å². The fourth-order valence-electron chi connectivity index (χ4n) is 3.99. The summed E-state index contributed by atoms with van der Waals surface area (Å²) in [5.74, 6) is 1.46. The van der Waals surface area contributed by atoms with Gasteiger partial charge in [0.25, 0.3) is 0 Å². The van der Waals surface area contributed by atoms with Crippen molar-refractivity contribution in [3.05, 3.63) is 41.5 Å². The summed E-state index contributed by atoms with van der Waals surface area (Å²) in [5, 5.41) is 9.93. The lowest BCUT2D eigenvalue weighted by Crippen LogP contribution is -2.52. The van der Waals surface area contributed by atoms with E-state index in [9.17, 15) is 9.18 Å². The first-order valence-electron chi connectivity index (χ1n) is 10.6. The summed E-state index contributed by atoms with van der Waals surface area (Å²) in [6, 6.07) is -0.464. The smallest absolute Gasteiger partial charge is 0.341 e. The Labute approximate surface area is 188 Å². The van der Waals surface area contributed by atoms with Gasteiger partial charge in [0.1, 0.15) is 29.6 Å². The molecule has 0 aliphatic carbocycles. The Hall–Kier alpha value is -3.90. The quantitative estimate of drug-likeness (QED) is 0.587. The lowest BCUT2D eigenvalue weighted by molar-refractivity contribution is 0.138. The normalized spacial score (nSPS) is 18.4. The molecular weight excluding hydrogens is 431 g/mol. The van der Waals surface area contributed by atoms with E-state index in [-0.39, 0.29) is 17.9 Å². The summed E-state index contributed by atoms with van der Waals surface area (Å²) in [6.45, 7) is 7.13. The van der Waals surface area contributed by atoms with Crippen molar-refractivity contribution in [1.82, 2.24) is 39.6 Å². The number of oxazole rings is 1. The Morgan fingerprint density at radius 3 is 2.58 bits per heavy atom.